The normalized spacial score (nSPS) is 13.6. The predicted molar refractivity (Wildman–Crippen MR) is 108 cm³/mol. The first-order valence-corrected chi connectivity index (χ1v) is 9.18. The van der Waals surface area contributed by atoms with Crippen molar-refractivity contribution in [2.75, 3.05) is 7.11 Å². The Balaban J connectivity index is 2.05. The first kappa shape index (κ1) is 19.6. The molecule has 5 nitrogen and oxygen atoms in total. The number of aromatic carboxylic acids is 1. The van der Waals surface area contributed by atoms with Gasteiger partial charge in [0.05, 0.1) is 13.7 Å². The number of carboxylic acid groups (broad SMARTS) is 1. The highest BCUT2D eigenvalue weighted by Crippen LogP contribution is 2.36. The van der Waals surface area contributed by atoms with E-state index in [1.807, 2.05) is 0 Å². The summed E-state index contributed by atoms with van der Waals surface area (Å²) in [5.41, 5.74) is 0.793. The predicted octanol–water partition coefficient (Wildman–Crippen LogP) is 4.59. The molecule has 2 aromatic carbocycles. The molecule has 3 aromatic rings. The molecule has 152 valence electrons. The van der Waals surface area contributed by atoms with Crippen LogP contribution in [-0.4, -0.2) is 28.5 Å². The first-order valence-electron chi connectivity index (χ1n) is 9.18. The number of Topliss-reactive ketones (excluding diaryl/α,β-unsaturated/α-hetero) is 1. The molecule has 0 amide bonds. The van der Waals surface area contributed by atoms with E-state index in [1.165, 1.54) is 11.7 Å². The fourth-order valence-corrected chi connectivity index (χ4v) is 3.72. The molecule has 4 rings (SSSR count). The molecule has 1 aliphatic carbocycles. The number of halogens is 2. The number of methoxy groups -OCH3 is 1. The van der Waals surface area contributed by atoms with Gasteiger partial charge in [-0.15, -0.1) is 0 Å². The molecule has 0 atom stereocenters. The number of aromatic nitrogens is 1. The summed E-state index contributed by atoms with van der Waals surface area (Å²) in [6, 6.07) is 7.96. The van der Waals surface area contributed by atoms with E-state index in [1.54, 1.807) is 36.4 Å². The number of hydrogen-bond acceptors (Lipinski definition) is 3. The Morgan fingerprint density at radius 2 is 2.00 bits per heavy atom. The van der Waals surface area contributed by atoms with E-state index in [0.29, 0.717) is 16.7 Å². The Hall–Kier alpha value is -3.74. The van der Waals surface area contributed by atoms with Crippen LogP contribution < -0.4 is 4.74 Å². The number of benzene rings is 2. The zero-order valence-electron chi connectivity index (χ0n) is 16.0. The summed E-state index contributed by atoms with van der Waals surface area (Å²) in [5.74, 6) is -2.30. The summed E-state index contributed by atoms with van der Waals surface area (Å²) >= 11 is 0. The summed E-state index contributed by atoms with van der Waals surface area (Å²) in [6.45, 7) is -0.217. The summed E-state index contributed by atoms with van der Waals surface area (Å²) in [5, 5.41) is 10.5. The van der Waals surface area contributed by atoms with Crippen LogP contribution in [-0.2, 0) is 11.3 Å². The highest BCUT2D eigenvalue weighted by atomic mass is 19.1. The number of carbonyl (C=O) groups is 2. The van der Waals surface area contributed by atoms with E-state index in [2.05, 4.69) is 0 Å². The van der Waals surface area contributed by atoms with Gasteiger partial charge < -0.3 is 14.4 Å². The lowest BCUT2D eigenvalue weighted by Gasteiger charge is -2.12. The maximum atomic E-state index is 14.3. The van der Waals surface area contributed by atoms with Crippen LogP contribution in [0, 0.1) is 11.6 Å². The number of fused-ring (bicyclic) bond motifs is 1. The molecule has 0 spiro atoms. The second kappa shape index (κ2) is 7.59. The van der Waals surface area contributed by atoms with Crippen molar-refractivity contribution in [3.63, 3.8) is 0 Å². The van der Waals surface area contributed by atoms with Crippen molar-refractivity contribution in [3.8, 4) is 5.75 Å². The van der Waals surface area contributed by atoms with Gasteiger partial charge >= 0.3 is 5.97 Å². The molecule has 0 radical (unpaired) electrons. The van der Waals surface area contributed by atoms with Crippen molar-refractivity contribution in [1.29, 1.82) is 0 Å². The second-order valence-electron chi connectivity index (χ2n) is 6.87. The van der Waals surface area contributed by atoms with E-state index in [4.69, 9.17) is 4.74 Å². The van der Waals surface area contributed by atoms with Crippen LogP contribution in [0.1, 0.15) is 28.0 Å². The Morgan fingerprint density at radius 1 is 1.20 bits per heavy atom. The van der Waals surface area contributed by atoms with E-state index >= 15 is 0 Å². The highest BCUT2D eigenvalue weighted by Gasteiger charge is 2.28. The van der Waals surface area contributed by atoms with Crippen molar-refractivity contribution in [2.24, 2.45) is 0 Å². The molecule has 0 saturated carbocycles. The number of carboxylic acids is 1. The number of ketones is 1. The lowest BCUT2D eigenvalue weighted by Crippen LogP contribution is -2.14. The third-order valence-electron chi connectivity index (χ3n) is 5.08. The van der Waals surface area contributed by atoms with Gasteiger partial charge in [0.15, 0.2) is 5.78 Å². The van der Waals surface area contributed by atoms with Gasteiger partial charge in [-0.25, -0.2) is 13.6 Å². The fourth-order valence-electron chi connectivity index (χ4n) is 3.72. The average Bonchev–Trinajstić information content (AvgIpc) is 3.04. The molecule has 0 fully saturated rings. The molecule has 0 bridgehead atoms. The zero-order chi connectivity index (χ0) is 21.4. The number of nitrogens with zero attached hydrogens (tertiary/aromatic N) is 1. The molecular formula is C23H17F2NO4. The average molecular weight is 409 g/mol. The molecule has 1 aromatic heterocycles. The van der Waals surface area contributed by atoms with Gasteiger partial charge in [0, 0.05) is 34.0 Å². The minimum Gasteiger partial charge on any atom is -0.497 e. The van der Waals surface area contributed by atoms with Crippen LogP contribution in [0.3, 0.4) is 0 Å². The monoisotopic (exact) mass is 409 g/mol. The van der Waals surface area contributed by atoms with E-state index in [-0.39, 0.29) is 41.1 Å². The third kappa shape index (κ3) is 3.28. The SMILES string of the molecule is COc1ccc2c(c1)c(C1=CC=CCC1=O)c(C(=O)O)n2Cc1cc(F)ccc1F. The molecule has 0 unspecified atom stereocenters. The molecule has 1 heterocycles. The van der Waals surface area contributed by atoms with Crippen molar-refractivity contribution >= 4 is 28.2 Å². The molecule has 1 N–H and O–H groups in total. The number of allylic oxidation sites excluding steroid dienone is 4. The first-order chi connectivity index (χ1) is 14.4. The summed E-state index contributed by atoms with van der Waals surface area (Å²) in [7, 11) is 1.48. The van der Waals surface area contributed by atoms with Gasteiger partial charge in [-0.3, -0.25) is 4.79 Å². The summed E-state index contributed by atoms with van der Waals surface area (Å²) < 4.78 is 34.7. The van der Waals surface area contributed by atoms with E-state index < -0.39 is 17.6 Å². The van der Waals surface area contributed by atoms with Crippen LogP contribution in [0.15, 0.2) is 54.6 Å². The second-order valence-corrected chi connectivity index (χ2v) is 6.87. The van der Waals surface area contributed by atoms with Crippen LogP contribution in [0.4, 0.5) is 8.78 Å². The van der Waals surface area contributed by atoms with Crippen LogP contribution in [0.25, 0.3) is 16.5 Å². The lowest BCUT2D eigenvalue weighted by atomic mass is 9.93. The molecule has 0 saturated heterocycles. The van der Waals surface area contributed by atoms with Crippen LogP contribution in [0.2, 0.25) is 0 Å². The van der Waals surface area contributed by atoms with Crippen LogP contribution in [0.5, 0.6) is 5.75 Å². The Morgan fingerprint density at radius 3 is 2.70 bits per heavy atom. The zero-order valence-corrected chi connectivity index (χ0v) is 16.0. The number of ether oxygens (including phenoxy) is 1. The van der Waals surface area contributed by atoms with Gasteiger partial charge in [-0.1, -0.05) is 18.2 Å². The van der Waals surface area contributed by atoms with Crippen molar-refractivity contribution in [3.05, 3.63) is 83.1 Å². The molecule has 0 aliphatic heterocycles. The van der Waals surface area contributed by atoms with E-state index in [0.717, 1.165) is 18.2 Å². The van der Waals surface area contributed by atoms with Crippen molar-refractivity contribution in [1.82, 2.24) is 4.57 Å². The maximum absolute atomic E-state index is 14.3. The smallest absolute Gasteiger partial charge is 0.353 e. The van der Waals surface area contributed by atoms with Gasteiger partial charge in [0.25, 0.3) is 0 Å². The minimum atomic E-state index is -1.28. The van der Waals surface area contributed by atoms with Crippen molar-refractivity contribution < 1.29 is 28.2 Å². The molecule has 30 heavy (non-hydrogen) atoms. The summed E-state index contributed by atoms with van der Waals surface area (Å²) in [4.78, 5) is 24.9. The lowest BCUT2D eigenvalue weighted by molar-refractivity contribution is -0.113. The quantitative estimate of drug-likeness (QED) is 0.669. The fraction of sp³-hybridized carbons (Fsp3) is 0.130. The topological polar surface area (TPSA) is 68.5 Å². The van der Waals surface area contributed by atoms with Gasteiger partial charge in [-0.2, -0.15) is 0 Å². The van der Waals surface area contributed by atoms with Crippen molar-refractivity contribution in [2.45, 2.75) is 13.0 Å². The third-order valence-corrected chi connectivity index (χ3v) is 5.08. The largest absolute Gasteiger partial charge is 0.497 e. The van der Waals surface area contributed by atoms with Gasteiger partial charge in [0.1, 0.15) is 23.1 Å². The number of rotatable bonds is 5. The minimum absolute atomic E-state index is 0.000569. The Bertz CT molecular complexity index is 1250. The molecule has 1 aliphatic rings. The van der Waals surface area contributed by atoms with Gasteiger partial charge in [-0.05, 0) is 36.4 Å². The number of carbonyl (C=O) groups excluding carboxylic acids is 1. The Labute approximate surface area is 170 Å². The standard InChI is InChI=1S/C23H17F2NO4/c1-30-15-7-9-19-17(11-15)21(16-4-2-3-5-20(16)27)22(23(28)29)26(19)12-13-10-14(24)6-8-18(13)25/h2-4,6-11H,5,12H2,1H3,(H,28,29). The summed E-state index contributed by atoms with van der Waals surface area (Å²) in [6.07, 6.45) is 5.10. The highest BCUT2D eigenvalue weighted by molar-refractivity contribution is 6.27. The molecular weight excluding hydrogens is 392 g/mol. The maximum Gasteiger partial charge on any atom is 0.353 e. The van der Waals surface area contributed by atoms with Crippen LogP contribution >= 0.6 is 0 Å². The molecule has 7 heteroatoms. The van der Waals surface area contributed by atoms with Gasteiger partial charge in [0.2, 0.25) is 0 Å². The van der Waals surface area contributed by atoms with E-state index in [9.17, 15) is 23.5 Å². The number of hydrogen-bond donors (Lipinski definition) is 1. The Kier molecular flexibility index (Phi) is 4.95.